The molecular weight excluding hydrogens is 306 g/mol. The molecule has 1 aromatic heterocycles. The smallest absolute Gasteiger partial charge is 0.125 e. The van der Waals surface area contributed by atoms with E-state index in [0.29, 0.717) is 11.6 Å². The summed E-state index contributed by atoms with van der Waals surface area (Å²) in [7, 11) is 3.69. The summed E-state index contributed by atoms with van der Waals surface area (Å²) >= 11 is 8.02. The van der Waals surface area contributed by atoms with Crippen molar-refractivity contribution in [3.63, 3.8) is 0 Å². The number of likely N-dealkylation sites (N-methyl/N-ethyl adjacent to an activating group) is 1. The van der Waals surface area contributed by atoms with Crippen LogP contribution < -0.4 is 10.5 Å². The van der Waals surface area contributed by atoms with E-state index in [2.05, 4.69) is 9.88 Å². The van der Waals surface area contributed by atoms with Crippen LogP contribution in [0, 0.1) is 6.92 Å². The Morgan fingerprint density at radius 1 is 1.48 bits per heavy atom. The third-order valence-corrected chi connectivity index (χ3v) is 4.81. The standard InChI is InChI=1S/C15H20ClN3OS/c1-10-14(21-9-18-10)8-19(2)12(7-17)15-11(16)5-4-6-13(15)20-3/h4-6,9,12H,7-8,17H2,1-3H3. The van der Waals surface area contributed by atoms with Gasteiger partial charge in [-0.3, -0.25) is 4.90 Å². The molecule has 4 nitrogen and oxygen atoms in total. The summed E-state index contributed by atoms with van der Waals surface area (Å²) in [5.41, 5.74) is 9.87. The van der Waals surface area contributed by atoms with E-state index >= 15 is 0 Å². The quantitative estimate of drug-likeness (QED) is 0.885. The number of hydrogen-bond donors (Lipinski definition) is 1. The predicted octanol–water partition coefficient (Wildman–Crippen LogP) is 3.25. The van der Waals surface area contributed by atoms with Gasteiger partial charge in [-0.15, -0.1) is 11.3 Å². The fourth-order valence-corrected chi connectivity index (χ4v) is 3.48. The Kier molecular flexibility index (Phi) is 5.58. The van der Waals surface area contributed by atoms with Crippen molar-refractivity contribution in [3.05, 3.63) is 44.9 Å². The van der Waals surface area contributed by atoms with Gasteiger partial charge >= 0.3 is 0 Å². The molecule has 0 radical (unpaired) electrons. The summed E-state index contributed by atoms with van der Waals surface area (Å²) in [6.07, 6.45) is 0. The van der Waals surface area contributed by atoms with E-state index in [1.807, 2.05) is 37.7 Å². The van der Waals surface area contributed by atoms with E-state index in [4.69, 9.17) is 22.1 Å². The Bertz CT molecular complexity index is 602. The number of nitrogens with two attached hydrogens (primary N) is 1. The number of rotatable bonds is 6. The summed E-state index contributed by atoms with van der Waals surface area (Å²) in [6, 6.07) is 5.66. The molecule has 2 aromatic rings. The first-order valence-corrected chi connectivity index (χ1v) is 7.95. The van der Waals surface area contributed by atoms with Crippen molar-refractivity contribution in [2.45, 2.75) is 19.5 Å². The molecule has 0 saturated heterocycles. The monoisotopic (exact) mass is 325 g/mol. The van der Waals surface area contributed by atoms with Gasteiger partial charge in [-0.05, 0) is 26.1 Å². The zero-order valence-corrected chi connectivity index (χ0v) is 14.0. The number of ether oxygens (including phenoxy) is 1. The second-order valence-corrected chi connectivity index (χ2v) is 6.23. The fourth-order valence-electron chi connectivity index (χ4n) is 2.35. The molecule has 0 spiro atoms. The molecule has 21 heavy (non-hydrogen) atoms. The van der Waals surface area contributed by atoms with Crippen LogP contribution >= 0.6 is 22.9 Å². The lowest BCUT2D eigenvalue weighted by atomic mass is 10.0. The number of nitrogens with zero attached hydrogens (tertiary/aromatic N) is 2. The molecule has 0 saturated carbocycles. The average Bonchev–Trinajstić information content (AvgIpc) is 2.86. The SMILES string of the molecule is COc1cccc(Cl)c1C(CN)N(C)Cc1scnc1C. The lowest BCUT2D eigenvalue weighted by Gasteiger charge is -2.29. The van der Waals surface area contributed by atoms with Crippen molar-refractivity contribution < 1.29 is 4.74 Å². The average molecular weight is 326 g/mol. The van der Waals surface area contributed by atoms with Gasteiger partial charge in [-0.2, -0.15) is 0 Å². The first-order valence-electron chi connectivity index (χ1n) is 6.70. The molecule has 0 aliphatic carbocycles. The molecule has 0 bridgehead atoms. The molecule has 0 amide bonds. The van der Waals surface area contributed by atoms with Crippen LogP contribution in [0.4, 0.5) is 0 Å². The predicted molar refractivity (Wildman–Crippen MR) is 88.1 cm³/mol. The minimum absolute atomic E-state index is 0.00449. The lowest BCUT2D eigenvalue weighted by Crippen LogP contribution is -2.30. The van der Waals surface area contributed by atoms with Crippen LogP contribution in [0.5, 0.6) is 5.75 Å². The number of hydrogen-bond acceptors (Lipinski definition) is 5. The number of thiazole rings is 1. The summed E-state index contributed by atoms with van der Waals surface area (Å²) in [5.74, 6) is 0.769. The van der Waals surface area contributed by atoms with Crippen molar-refractivity contribution in [2.75, 3.05) is 20.7 Å². The minimum atomic E-state index is -0.00449. The lowest BCUT2D eigenvalue weighted by molar-refractivity contribution is 0.237. The van der Waals surface area contributed by atoms with Crippen molar-refractivity contribution >= 4 is 22.9 Å². The van der Waals surface area contributed by atoms with E-state index < -0.39 is 0 Å². The van der Waals surface area contributed by atoms with E-state index in [0.717, 1.165) is 23.6 Å². The molecular formula is C15H20ClN3OS. The highest BCUT2D eigenvalue weighted by Gasteiger charge is 2.23. The second kappa shape index (κ2) is 7.22. The maximum absolute atomic E-state index is 6.37. The largest absolute Gasteiger partial charge is 0.496 e. The summed E-state index contributed by atoms with van der Waals surface area (Å²) in [6.45, 7) is 3.27. The van der Waals surface area contributed by atoms with Crippen molar-refractivity contribution in [3.8, 4) is 5.75 Å². The molecule has 6 heteroatoms. The molecule has 0 aliphatic heterocycles. The molecule has 114 valence electrons. The maximum atomic E-state index is 6.37. The van der Waals surface area contributed by atoms with Gasteiger partial charge in [0.15, 0.2) is 0 Å². The first kappa shape index (κ1) is 16.2. The summed E-state index contributed by atoms with van der Waals surface area (Å²) in [4.78, 5) is 7.71. The number of benzene rings is 1. The van der Waals surface area contributed by atoms with Crippen molar-refractivity contribution in [1.29, 1.82) is 0 Å². The van der Waals surface area contributed by atoms with Gasteiger partial charge in [0.1, 0.15) is 5.75 Å². The molecule has 2 N–H and O–H groups in total. The highest BCUT2D eigenvalue weighted by Crippen LogP contribution is 2.35. The van der Waals surface area contributed by atoms with Gasteiger partial charge in [0, 0.05) is 28.6 Å². The topological polar surface area (TPSA) is 51.4 Å². The number of halogens is 1. The van der Waals surface area contributed by atoms with Crippen LogP contribution in [0.15, 0.2) is 23.7 Å². The maximum Gasteiger partial charge on any atom is 0.125 e. The van der Waals surface area contributed by atoms with Crippen LogP contribution in [-0.2, 0) is 6.54 Å². The number of methoxy groups -OCH3 is 1. The van der Waals surface area contributed by atoms with E-state index in [-0.39, 0.29) is 6.04 Å². The third kappa shape index (κ3) is 3.55. The Morgan fingerprint density at radius 2 is 2.24 bits per heavy atom. The van der Waals surface area contributed by atoms with Crippen molar-refractivity contribution in [2.24, 2.45) is 5.73 Å². The van der Waals surface area contributed by atoms with Gasteiger partial charge in [0.25, 0.3) is 0 Å². The summed E-state index contributed by atoms with van der Waals surface area (Å²) in [5, 5.41) is 0.678. The Morgan fingerprint density at radius 3 is 2.81 bits per heavy atom. The highest BCUT2D eigenvalue weighted by molar-refractivity contribution is 7.09. The Labute approximate surface area is 134 Å². The zero-order valence-electron chi connectivity index (χ0n) is 12.5. The zero-order chi connectivity index (χ0) is 15.4. The highest BCUT2D eigenvalue weighted by atomic mass is 35.5. The fraction of sp³-hybridized carbons (Fsp3) is 0.400. The third-order valence-electron chi connectivity index (χ3n) is 3.56. The molecule has 1 aromatic carbocycles. The van der Waals surface area contributed by atoms with Crippen LogP contribution in [0.3, 0.4) is 0 Å². The van der Waals surface area contributed by atoms with Gasteiger partial charge in [-0.1, -0.05) is 17.7 Å². The van der Waals surface area contributed by atoms with Gasteiger partial charge in [0.05, 0.1) is 24.4 Å². The first-order chi connectivity index (χ1) is 10.1. The molecule has 1 heterocycles. The van der Waals surface area contributed by atoms with Gasteiger partial charge in [-0.25, -0.2) is 4.98 Å². The van der Waals surface area contributed by atoms with Crippen molar-refractivity contribution in [1.82, 2.24) is 9.88 Å². The Hall–Kier alpha value is -1.14. The Balaban J connectivity index is 2.29. The molecule has 0 fully saturated rings. The van der Waals surface area contributed by atoms with Gasteiger partial charge in [0.2, 0.25) is 0 Å². The molecule has 1 atom stereocenters. The normalized spacial score (nSPS) is 12.7. The molecule has 1 unspecified atom stereocenters. The van der Waals surface area contributed by atoms with Crippen LogP contribution in [0.1, 0.15) is 22.2 Å². The van der Waals surface area contributed by atoms with Crippen LogP contribution in [0.25, 0.3) is 0 Å². The number of aryl methyl sites for hydroxylation is 1. The van der Waals surface area contributed by atoms with Crippen LogP contribution in [-0.4, -0.2) is 30.6 Å². The van der Waals surface area contributed by atoms with Gasteiger partial charge < -0.3 is 10.5 Å². The summed E-state index contributed by atoms with van der Waals surface area (Å²) < 4.78 is 5.44. The van der Waals surface area contributed by atoms with E-state index in [1.54, 1.807) is 18.4 Å². The van der Waals surface area contributed by atoms with E-state index in [1.165, 1.54) is 4.88 Å². The number of aromatic nitrogens is 1. The second-order valence-electron chi connectivity index (χ2n) is 4.88. The molecule has 0 aliphatic rings. The minimum Gasteiger partial charge on any atom is -0.496 e. The molecule has 2 rings (SSSR count). The van der Waals surface area contributed by atoms with Crippen LogP contribution in [0.2, 0.25) is 5.02 Å². The van der Waals surface area contributed by atoms with E-state index in [9.17, 15) is 0 Å².